The van der Waals surface area contributed by atoms with Crippen molar-refractivity contribution in [3.05, 3.63) is 77.4 Å². The fourth-order valence-electron chi connectivity index (χ4n) is 3.26. The summed E-state index contributed by atoms with van der Waals surface area (Å²) in [6.07, 6.45) is 6.54. The van der Waals surface area contributed by atoms with Crippen LogP contribution in [0.2, 0.25) is 0 Å². The minimum atomic E-state index is -0.761. The third-order valence-electron chi connectivity index (χ3n) is 4.83. The van der Waals surface area contributed by atoms with Crippen LogP contribution in [0, 0.1) is 11.6 Å². The summed E-state index contributed by atoms with van der Waals surface area (Å²) in [5, 5.41) is 1.06. The number of hydrogen-bond acceptors (Lipinski definition) is 2. The molecule has 4 heteroatoms. The molecule has 146 valence electrons. The van der Waals surface area contributed by atoms with E-state index in [1.165, 1.54) is 43.5 Å². The number of esters is 1. The first-order chi connectivity index (χ1) is 13.6. The van der Waals surface area contributed by atoms with Crippen LogP contribution in [0.25, 0.3) is 10.8 Å². The summed E-state index contributed by atoms with van der Waals surface area (Å²) in [5.41, 5.74) is 0.779. The van der Waals surface area contributed by atoms with Crippen molar-refractivity contribution in [3.63, 3.8) is 0 Å². The Kier molecular flexibility index (Phi) is 6.75. The Morgan fingerprint density at radius 1 is 0.893 bits per heavy atom. The van der Waals surface area contributed by atoms with Crippen LogP contribution in [0.15, 0.2) is 54.6 Å². The van der Waals surface area contributed by atoms with Crippen molar-refractivity contribution < 1.29 is 18.3 Å². The second kappa shape index (κ2) is 9.45. The lowest BCUT2D eigenvalue weighted by Crippen LogP contribution is -2.11. The first kappa shape index (κ1) is 20.0. The Morgan fingerprint density at radius 3 is 2.50 bits per heavy atom. The quantitative estimate of drug-likeness (QED) is 0.242. The molecule has 0 spiro atoms. The predicted molar refractivity (Wildman–Crippen MR) is 108 cm³/mol. The maximum absolute atomic E-state index is 14.4. The van der Waals surface area contributed by atoms with Crippen molar-refractivity contribution in [1.29, 1.82) is 0 Å². The van der Waals surface area contributed by atoms with Gasteiger partial charge in [-0.15, -0.1) is 0 Å². The molecule has 0 radical (unpaired) electrons. The highest BCUT2D eigenvalue weighted by Gasteiger charge is 2.15. The van der Waals surface area contributed by atoms with E-state index in [0.29, 0.717) is 10.8 Å². The fourth-order valence-corrected chi connectivity index (χ4v) is 3.26. The Balaban J connectivity index is 1.65. The molecule has 0 bridgehead atoms. The highest BCUT2D eigenvalue weighted by atomic mass is 19.1. The van der Waals surface area contributed by atoms with Crippen LogP contribution in [0.3, 0.4) is 0 Å². The van der Waals surface area contributed by atoms with Crippen molar-refractivity contribution in [2.45, 2.75) is 45.4 Å². The van der Waals surface area contributed by atoms with Gasteiger partial charge in [-0.05, 0) is 60.2 Å². The maximum Gasteiger partial charge on any atom is 0.346 e. The lowest BCUT2D eigenvalue weighted by molar-refractivity contribution is 0.0730. The minimum absolute atomic E-state index is 0.103. The maximum atomic E-state index is 14.4. The fraction of sp³-hybridized carbons (Fsp3) is 0.292. The smallest absolute Gasteiger partial charge is 0.346 e. The Morgan fingerprint density at radius 2 is 1.71 bits per heavy atom. The highest BCUT2D eigenvalue weighted by Crippen LogP contribution is 2.24. The number of carbonyl (C=O) groups excluding carboxylic acids is 1. The number of ether oxygens (including phenoxy) is 1. The van der Waals surface area contributed by atoms with Crippen molar-refractivity contribution >= 4 is 16.7 Å². The van der Waals surface area contributed by atoms with Crippen LogP contribution in [0.5, 0.6) is 5.75 Å². The van der Waals surface area contributed by atoms with Gasteiger partial charge < -0.3 is 4.74 Å². The summed E-state index contributed by atoms with van der Waals surface area (Å²) in [5.74, 6) is -1.43. The van der Waals surface area contributed by atoms with E-state index >= 15 is 0 Å². The van der Waals surface area contributed by atoms with E-state index in [1.807, 2.05) is 0 Å². The van der Waals surface area contributed by atoms with Crippen LogP contribution in [-0.2, 0) is 6.42 Å². The molecule has 0 amide bonds. The molecule has 0 unspecified atom stereocenters. The Hall–Kier alpha value is -2.75. The molecule has 0 N–H and O–H groups in total. The zero-order valence-corrected chi connectivity index (χ0v) is 16.0. The third-order valence-corrected chi connectivity index (χ3v) is 4.83. The summed E-state index contributed by atoms with van der Waals surface area (Å²) in [4.78, 5) is 12.3. The molecule has 28 heavy (non-hydrogen) atoms. The second-order valence-corrected chi connectivity index (χ2v) is 6.99. The van der Waals surface area contributed by atoms with E-state index in [2.05, 4.69) is 6.92 Å². The van der Waals surface area contributed by atoms with Gasteiger partial charge in [0.25, 0.3) is 0 Å². The summed E-state index contributed by atoms with van der Waals surface area (Å²) >= 11 is 0. The molecule has 0 aliphatic heterocycles. The predicted octanol–water partition coefficient (Wildman–Crippen LogP) is 6.85. The molecule has 2 nitrogen and oxygen atoms in total. The summed E-state index contributed by atoms with van der Waals surface area (Å²) < 4.78 is 33.4. The molecule has 3 rings (SSSR count). The zero-order chi connectivity index (χ0) is 19.9. The lowest BCUT2D eigenvalue weighted by atomic mass is 10.0. The van der Waals surface area contributed by atoms with Gasteiger partial charge in [0.15, 0.2) is 0 Å². The van der Waals surface area contributed by atoms with Crippen LogP contribution >= 0.6 is 0 Å². The van der Waals surface area contributed by atoms with Crippen molar-refractivity contribution in [2.75, 3.05) is 0 Å². The number of fused-ring (bicyclic) bond motifs is 1. The monoisotopic (exact) mass is 382 g/mol. The van der Waals surface area contributed by atoms with E-state index in [1.54, 1.807) is 30.3 Å². The van der Waals surface area contributed by atoms with Crippen LogP contribution in [0.1, 0.15) is 54.9 Å². The average molecular weight is 382 g/mol. The first-order valence-corrected chi connectivity index (χ1v) is 9.77. The van der Waals surface area contributed by atoms with Gasteiger partial charge in [-0.2, -0.15) is 0 Å². The summed E-state index contributed by atoms with van der Waals surface area (Å²) in [6, 6.07) is 14.0. The molecular formula is C24H24F2O2. The molecule has 0 aliphatic carbocycles. The Bertz CT molecular complexity index is 966. The van der Waals surface area contributed by atoms with Gasteiger partial charge in [-0.25, -0.2) is 13.6 Å². The van der Waals surface area contributed by atoms with Gasteiger partial charge >= 0.3 is 5.97 Å². The molecule has 0 aliphatic rings. The number of hydrogen-bond donors (Lipinski definition) is 0. The summed E-state index contributed by atoms with van der Waals surface area (Å²) in [6.45, 7) is 2.17. The molecule has 3 aromatic carbocycles. The largest absolute Gasteiger partial charge is 0.423 e. The van der Waals surface area contributed by atoms with Crippen LogP contribution < -0.4 is 4.74 Å². The zero-order valence-electron chi connectivity index (χ0n) is 16.0. The number of unbranched alkanes of at least 4 members (excludes halogenated alkanes) is 4. The molecule has 0 aromatic heterocycles. The molecule has 0 saturated heterocycles. The van der Waals surface area contributed by atoms with Gasteiger partial charge in [0.1, 0.15) is 17.4 Å². The second-order valence-electron chi connectivity index (χ2n) is 6.99. The molecular weight excluding hydrogens is 358 g/mol. The number of aryl methyl sites for hydroxylation is 1. The highest BCUT2D eigenvalue weighted by molar-refractivity contribution is 5.92. The van der Waals surface area contributed by atoms with Crippen LogP contribution in [0.4, 0.5) is 8.78 Å². The minimum Gasteiger partial charge on any atom is -0.423 e. The van der Waals surface area contributed by atoms with Gasteiger partial charge in [-0.1, -0.05) is 50.8 Å². The first-order valence-electron chi connectivity index (χ1n) is 9.77. The number of benzene rings is 3. The lowest BCUT2D eigenvalue weighted by Gasteiger charge is -2.08. The standard InChI is InChI=1S/C24H24F2O2/c1-2-3-4-5-6-8-17-11-13-21(23(26)15-17)24(27)28-19-12-14-20-18(16-19)9-7-10-22(20)25/h7,9-16H,2-6,8H2,1H3. The van der Waals surface area contributed by atoms with Gasteiger partial charge in [-0.3, -0.25) is 0 Å². The number of halogens is 2. The normalized spacial score (nSPS) is 11.0. The number of carbonyl (C=O) groups is 1. The number of rotatable bonds is 8. The van der Waals surface area contributed by atoms with Gasteiger partial charge in [0, 0.05) is 5.39 Å². The van der Waals surface area contributed by atoms with E-state index in [4.69, 9.17) is 4.74 Å². The van der Waals surface area contributed by atoms with Gasteiger partial charge in [0.05, 0.1) is 5.56 Å². The molecule has 0 atom stereocenters. The third kappa shape index (κ3) is 4.94. The van der Waals surface area contributed by atoms with E-state index in [0.717, 1.165) is 24.8 Å². The molecule has 0 heterocycles. The molecule has 0 saturated carbocycles. The van der Waals surface area contributed by atoms with Crippen molar-refractivity contribution in [1.82, 2.24) is 0 Å². The van der Waals surface area contributed by atoms with E-state index in [9.17, 15) is 13.6 Å². The van der Waals surface area contributed by atoms with Gasteiger partial charge in [0.2, 0.25) is 0 Å². The van der Waals surface area contributed by atoms with E-state index < -0.39 is 11.8 Å². The van der Waals surface area contributed by atoms with Crippen molar-refractivity contribution in [2.24, 2.45) is 0 Å². The Labute approximate surface area is 164 Å². The van der Waals surface area contributed by atoms with Crippen LogP contribution in [-0.4, -0.2) is 5.97 Å². The molecule has 0 fully saturated rings. The summed E-state index contributed by atoms with van der Waals surface area (Å²) in [7, 11) is 0. The molecule has 3 aromatic rings. The SMILES string of the molecule is CCCCCCCc1ccc(C(=O)Oc2ccc3c(F)cccc3c2)c(F)c1. The topological polar surface area (TPSA) is 26.3 Å². The average Bonchev–Trinajstić information content (AvgIpc) is 2.68. The van der Waals surface area contributed by atoms with Crippen molar-refractivity contribution in [3.8, 4) is 5.75 Å². The van der Waals surface area contributed by atoms with E-state index in [-0.39, 0.29) is 17.1 Å².